The van der Waals surface area contributed by atoms with Crippen LogP contribution in [0.4, 0.5) is 24.5 Å². The van der Waals surface area contributed by atoms with Crippen LogP contribution in [0.15, 0.2) is 24.3 Å². The van der Waals surface area contributed by atoms with Gasteiger partial charge in [0.1, 0.15) is 11.6 Å². The smallest absolute Gasteiger partial charge is 0.268 e. The molecule has 5 nitrogen and oxygen atoms in total. The highest BCUT2D eigenvalue weighted by Gasteiger charge is 2.36. The van der Waals surface area contributed by atoms with Crippen LogP contribution in [0.3, 0.4) is 0 Å². The maximum absolute atomic E-state index is 15.5. The van der Waals surface area contributed by atoms with E-state index >= 15 is 4.39 Å². The molecule has 0 unspecified atom stereocenters. The van der Waals surface area contributed by atoms with E-state index in [1.165, 1.54) is 6.92 Å². The summed E-state index contributed by atoms with van der Waals surface area (Å²) in [6.07, 6.45) is -2.24. The van der Waals surface area contributed by atoms with E-state index in [1.54, 1.807) is 0 Å². The Kier molecular flexibility index (Phi) is 4.34. The standard InChI is InChI=1S/C22H22ClF3N2O3/c1-11-21(30)28(10-12-5-13(24)7-14(25)6-12)16-8-15(23)19(18(26)20(16)31-11)27-17(29)9-22(2,3)4/h5-8,11H,9-10H2,1-4H3,(H,27,29)/t11-/m1/s1/i2D3,3D3. The van der Waals surface area contributed by atoms with E-state index in [2.05, 4.69) is 5.32 Å². The number of ether oxygens (including phenoxy) is 1. The molecule has 0 bridgehead atoms. The molecule has 0 saturated carbocycles. The maximum atomic E-state index is 15.5. The number of carbonyl (C=O) groups excluding carboxylic acids is 2. The molecule has 31 heavy (non-hydrogen) atoms. The fourth-order valence-electron chi connectivity index (χ4n) is 3.13. The second-order valence-electron chi connectivity index (χ2n) is 7.41. The van der Waals surface area contributed by atoms with E-state index in [0.717, 1.165) is 30.0 Å². The minimum atomic E-state index is -3.05. The second-order valence-corrected chi connectivity index (χ2v) is 7.82. The number of halogens is 4. The number of carbonyl (C=O) groups is 2. The SMILES string of the molecule is [2H]C([2H])([2H])C(C)(CC(=O)Nc1c(Cl)cc2c(c1F)O[C@H](C)C(=O)N2Cc1cc(F)cc(F)c1)C([2H])([2H])[2H]. The van der Waals surface area contributed by atoms with E-state index in [-0.39, 0.29) is 17.8 Å². The molecule has 0 saturated heterocycles. The summed E-state index contributed by atoms with van der Waals surface area (Å²) in [7, 11) is 0. The molecule has 166 valence electrons. The van der Waals surface area contributed by atoms with Gasteiger partial charge in [-0.3, -0.25) is 9.59 Å². The van der Waals surface area contributed by atoms with Crippen molar-refractivity contribution in [1.29, 1.82) is 0 Å². The molecule has 0 fully saturated rings. The van der Waals surface area contributed by atoms with Crippen molar-refractivity contribution >= 4 is 34.8 Å². The van der Waals surface area contributed by atoms with E-state index < -0.39 is 77.4 Å². The molecular weight excluding hydrogens is 433 g/mol. The molecule has 1 aliphatic heterocycles. The number of anilines is 2. The van der Waals surface area contributed by atoms with Gasteiger partial charge in [0.2, 0.25) is 5.91 Å². The topological polar surface area (TPSA) is 58.6 Å². The molecule has 2 aromatic carbocycles. The van der Waals surface area contributed by atoms with Gasteiger partial charge < -0.3 is 15.0 Å². The van der Waals surface area contributed by atoms with Crippen LogP contribution in [0.5, 0.6) is 5.75 Å². The Morgan fingerprint density at radius 3 is 2.52 bits per heavy atom. The van der Waals surface area contributed by atoms with Crippen LogP contribution in [0, 0.1) is 22.9 Å². The van der Waals surface area contributed by atoms with Gasteiger partial charge in [-0.15, -0.1) is 0 Å². The van der Waals surface area contributed by atoms with Crippen molar-refractivity contribution in [3.63, 3.8) is 0 Å². The molecule has 1 heterocycles. The van der Waals surface area contributed by atoms with Gasteiger partial charge in [-0.05, 0) is 36.1 Å². The van der Waals surface area contributed by atoms with Crippen LogP contribution in [-0.4, -0.2) is 17.9 Å². The fraction of sp³-hybridized carbons (Fsp3) is 0.364. The monoisotopic (exact) mass is 460 g/mol. The van der Waals surface area contributed by atoms with Crippen molar-refractivity contribution < 1.29 is 35.7 Å². The average Bonchev–Trinajstić information content (AvgIpc) is 2.73. The second kappa shape index (κ2) is 8.42. The largest absolute Gasteiger partial charge is 0.476 e. The van der Waals surface area contributed by atoms with Gasteiger partial charge in [-0.2, -0.15) is 0 Å². The molecule has 0 aromatic heterocycles. The third kappa shape index (κ3) is 5.12. The summed E-state index contributed by atoms with van der Waals surface area (Å²) in [5, 5.41) is 1.68. The van der Waals surface area contributed by atoms with Crippen LogP contribution in [-0.2, 0) is 16.1 Å². The highest BCUT2D eigenvalue weighted by atomic mass is 35.5. The summed E-state index contributed by atoms with van der Waals surface area (Å²) in [4.78, 5) is 26.4. The zero-order chi connectivity index (χ0) is 28.1. The predicted octanol–water partition coefficient (Wildman–Crippen LogP) is 5.45. The van der Waals surface area contributed by atoms with E-state index in [1.807, 2.05) is 0 Å². The molecule has 9 heteroatoms. The van der Waals surface area contributed by atoms with Gasteiger partial charge >= 0.3 is 0 Å². The van der Waals surface area contributed by atoms with Crippen molar-refractivity contribution in [3.8, 4) is 5.75 Å². The predicted molar refractivity (Wildman–Crippen MR) is 112 cm³/mol. The minimum absolute atomic E-state index is 0.0634. The van der Waals surface area contributed by atoms with Crippen LogP contribution in [0.1, 0.15) is 47.8 Å². The quantitative estimate of drug-likeness (QED) is 0.660. The van der Waals surface area contributed by atoms with E-state index in [4.69, 9.17) is 24.6 Å². The first-order chi connectivity index (χ1) is 16.9. The number of nitrogens with zero attached hydrogens (tertiary/aromatic N) is 1. The third-order valence-electron chi connectivity index (χ3n) is 4.39. The van der Waals surface area contributed by atoms with Crippen molar-refractivity contribution in [1.82, 2.24) is 0 Å². The number of fused-ring (bicyclic) bond motifs is 1. The number of rotatable bonds is 4. The number of hydrogen-bond acceptors (Lipinski definition) is 3. The Balaban J connectivity index is 1.98. The number of nitrogens with one attached hydrogen (secondary N) is 1. The molecule has 1 atom stereocenters. The summed E-state index contributed by atoms with van der Waals surface area (Å²) in [6, 6.07) is 3.73. The number of benzene rings is 2. The molecular formula is C22H22ClF3N2O3. The zero-order valence-corrected chi connectivity index (χ0v) is 17.2. The first-order valence-corrected chi connectivity index (χ1v) is 9.48. The minimum Gasteiger partial charge on any atom is -0.476 e. The lowest BCUT2D eigenvalue weighted by Gasteiger charge is -2.34. The first-order valence-electron chi connectivity index (χ1n) is 12.1. The summed E-state index contributed by atoms with van der Waals surface area (Å²) in [6.45, 7) is -4.24. The lowest BCUT2D eigenvalue weighted by atomic mass is 9.92. The van der Waals surface area contributed by atoms with E-state index in [0.29, 0.717) is 6.07 Å². The lowest BCUT2D eigenvalue weighted by molar-refractivity contribution is -0.125. The Labute approximate surface area is 191 Å². The fourth-order valence-corrected chi connectivity index (χ4v) is 3.37. The maximum Gasteiger partial charge on any atom is 0.268 e. The molecule has 3 rings (SSSR count). The Morgan fingerprint density at radius 2 is 1.90 bits per heavy atom. The zero-order valence-electron chi connectivity index (χ0n) is 22.5. The molecule has 1 N–H and O–H groups in total. The molecule has 0 spiro atoms. The van der Waals surface area contributed by atoms with Gasteiger partial charge in [0.15, 0.2) is 17.7 Å². The van der Waals surface area contributed by atoms with Crippen molar-refractivity contribution in [2.24, 2.45) is 5.41 Å². The normalized spacial score (nSPS) is 19.7. The summed E-state index contributed by atoms with van der Waals surface area (Å²) in [5.74, 6) is -5.27. The summed E-state index contributed by atoms with van der Waals surface area (Å²) >= 11 is 6.17. The van der Waals surface area contributed by atoms with Crippen LogP contribution in [0.25, 0.3) is 0 Å². The molecule has 1 aliphatic rings. The van der Waals surface area contributed by atoms with Crippen molar-refractivity contribution in [3.05, 3.63) is 52.3 Å². The van der Waals surface area contributed by atoms with Crippen LogP contribution in [0.2, 0.25) is 5.02 Å². The molecule has 0 radical (unpaired) electrons. The van der Waals surface area contributed by atoms with Gasteiger partial charge in [0.25, 0.3) is 5.91 Å². The summed E-state index contributed by atoms with van der Waals surface area (Å²) in [5.41, 5.74) is -3.19. The van der Waals surface area contributed by atoms with Gasteiger partial charge in [-0.25, -0.2) is 13.2 Å². The highest BCUT2D eigenvalue weighted by molar-refractivity contribution is 6.34. The third-order valence-corrected chi connectivity index (χ3v) is 4.69. The average molecular weight is 461 g/mol. The summed E-state index contributed by atoms with van der Waals surface area (Å²) < 4.78 is 93.8. The Morgan fingerprint density at radius 1 is 1.26 bits per heavy atom. The molecule has 0 aliphatic carbocycles. The van der Waals surface area contributed by atoms with Crippen LogP contribution < -0.4 is 15.0 Å². The van der Waals surface area contributed by atoms with Crippen molar-refractivity contribution in [2.45, 2.75) is 46.6 Å². The Bertz CT molecular complexity index is 1220. The van der Waals surface area contributed by atoms with Crippen molar-refractivity contribution in [2.75, 3.05) is 10.2 Å². The van der Waals surface area contributed by atoms with Gasteiger partial charge in [-0.1, -0.05) is 32.2 Å². The van der Waals surface area contributed by atoms with Gasteiger partial charge in [0.05, 0.1) is 22.9 Å². The number of hydrogen-bond donors (Lipinski definition) is 1. The number of amides is 2. The molecule has 2 amide bonds. The van der Waals surface area contributed by atoms with Gasteiger partial charge in [0, 0.05) is 20.7 Å². The van der Waals surface area contributed by atoms with E-state index in [9.17, 15) is 18.4 Å². The lowest BCUT2D eigenvalue weighted by Crippen LogP contribution is -2.44. The molecule has 2 aromatic rings. The van der Waals surface area contributed by atoms with Crippen LogP contribution >= 0.6 is 11.6 Å². The Hall–Kier alpha value is -2.74. The highest BCUT2D eigenvalue weighted by Crippen LogP contribution is 2.44. The first kappa shape index (κ1) is 16.0.